The molecule has 0 bridgehead atoms. The molecule has 27 heavy (non-hydrogen) atoms. The van der Waals surface area contributed by atoms with Crippen LogP contribution in [0.1, 0.15) is 5.56 Å². The molecular weight excluding hydrogens is 340 g/mol. The monoisotopic (exact) mass is 358 g/mol. The van der Waals surface area contributed by atoms with E-state index in [4.69, 9.17) is 9.47 Å². The molecule has 0 aliphatic carbocycles. The first kappa shape index (κ1) is 16.8. The smallest absolute Gasteiger partial charge is 0.284 e. The zero-order valence-corrected chi connectivity index (χ0v) is 14.5. The van der Waals surface area contributed by atoms with Crippen molar-refractivity contribution >= 4 is 12.1 Å². The Kier molecular flexibility index (Phi) is 4.83. The zero-order chi connectivity index (χ0) is 18.5. The first-order valence-electron chi connectivity index (χ1n) is 8.66. The van der Waals surface area contributed by atoms with Crippen molar-refractivity contribution in [1.82, 2.24) is 5.43 Å². The fourth-order valence-electron chi connectivity index (χ4n) is 2.78. The average molecular weight is 358 g/mol. The van der Waals surface area contributed by atoms with Gasteiger partial charge < -0.3 is 9.47 Å². The summed E-state index contributed by atoms with van der Waals surface area (Å²) in [5.74, 6) is 0.856. The maximum atomic E-state index is 12.2. The fraction of sp³-hybridized carbons (Fsp3) is 0.0909. The van der Waals surface area contributed by atoms with Crippen molar-refractivity contribution in [2.75, 3.05) is 6.61 Å². The summed E-state index contributed by atoms with van der Waals surface area (Å²) < 4.78 is 11.2. The summed E-state index contributed by atoms with van der Waals surface area (Å²) in [5, 5.41) is 4.02. The Morgan fingerprint density at radius 1 is 0.889 bits per heavy atom. The average Bonchev–Trinajstić information content (AvgIpc) is 2.74. The first-order chi connectivity index (χ1) is 13.3. The molecule has 1 heterocycles. The van der Waals surface area contributed by atoms with Gasteiger partial charge in [0.05, 0.1) is 6.21 Å². The molecule has 3 aromatic carbocycles. The van der Waals surface area contributed by atoms with Crippen molar-refractivity contribution in [3.63, 3.8) is 0 Å². The van der Waals surface area contributed by atoms with Gasteiger partial charge in [-0.25, -0.2) is 5.43 Å². The van der Waals surface area contributed by atoms with Gasteiger partial charge in [-0.2, -0.15) is 5.10 Å². The van der Waals surface area contributed by atoms with Crippen molar-refractivity contribution in [2.24, 2.45) is 5.10 Å². The normalized spacial score (nSPS) is 15.5. The van der Waals surface area contributed by atoms with Crippen molar-refractivity contribution < 1.29 is 14.3 Å². The molecule has 0 saturated carbocycles. The molecule has 1 aliphatic heterocycles. The highest BCUT2D eigenvalue weighted by Gasteiger charge is 2.26. The molecule has 5 nitrogen and oxygen atoms in total. The fourth-order valence-corrected chi connectivity index (χ4v) is 2.78. The van der Waals surface area contributed by atoms with Crippen molar-refractivity contribution in [1.29, 1.82) is 0 Å². The summed E-state index contributed by atoms with van der Waals surface area (Å²) in [7, 11) is 0. The molecule has 0 unspecified atom stereocenters. The summed E-state index contributed by atoms with van der Waals surface area (Å²) >= 11 is 0. The van der Waals surface area contributed by atoms with Gasteiger partial charge in [0.1, 0.15) is 6.61 Å². The van der Waals surface area contributed by atoms with Crippen LogP contribution < -0.4 is 14.9 Å². The van der Waals surface area contributed by atoms with E-state index in [2.05, 4.69) is 22.7 Å². The third-order valence-electron chi connectivity index (χ3n) is 4.21. The Labute approximate surface area is 157 Å². The summed E-state index contributed by atoms with van der Waals surface area (Å²) in [6, 6.07) is 25.4. The highest BCUT2D eigenvalue weighted by Crippen LogP contribution is 2.30. The molecule has 5 heteroatoms. The lowest BCUT2D eigenvalue weighted by atomic mass is 10.0. The quantitative estimate of drug-likeness (QED) is 0.572. The molecule has 0 spiro atoms. The van der Waals surface area contributed by atoms with Crippen LogP contribution in [0.2, 0.25) is 0 Å². The van der Waals surface area contributed by atoms with Crippen LogP contribution >= 0.6 is 0 Å². The van der Waals surface area contributed by atoms with Gasteiger partial charge in [0.15, 0.2) is 11.5 Å². The summed E-state index contributed by atoms with van der Waals surface area (Å²) in [6.45, 7) is 0.157. The minimum Gasteiger partial charge on any atom is -0.485 e. The second-order valence-corrected chi connectivity index (χ2v) is 6.09. The largest absolute Gasteiger partial charge is 0.485 e. The van der Waals surface area contributed by atoms with E-state index in [1.807, 2.05) is 54.6 Å². The predicted octanol–water partition coefficient (Wildman–Crippen LogP) is 3.64. The molecule has 0 aromatic heterocycles. The number of nitrogens with zero attached hydrogens (tertiary/aromatic N) is 1. The molecule has 0 radical (unpaired) electrons. The van der Waals surface area contributed by atoms with Crippen LogP contribution in [0, 0.1) is 0 Å². The predicted molar refractivity (Wildman–Crippen MR) is 104 cm³/mol. The van der Waals surface area contributed by atoms with Crippen LogP contribution in [0.3, 0.4) is 0 Å². The Balaban J connectivity index is 1.35. The molecule has 3 aromatic rings. The Morgan fingerprint density at radius 3 is 2.33 bits per heavy atom. The van der Waals surface area contributed by atoms with Crippen molar-refractivity contribution in [3.05, 3.63) is 84.4 Å². The van der Waals surface area contributed by atoms with Gasteiger partial charge in [-0.15, -0.1) is 0 Å². The maximum Gasteiger partial charge on any atom is 0.284 e. The third kappa shape index (κ3) is 3.98. The van der Waals surface area contributed by atoms with Gasteiger partial charge in [0.25, 0.3) is 5.91 Å². The number of para-hydroxylation sites is 2. The number of amides is 1. The van der Waals surface area contributed by atoms with E-state index in [1.54, 1.807) is 18.3 Å². The van der Waals surface area contributed by atoms with E-state index >= 15 is 0 Å². The molecule has 134 valence electrons. The van der Waals surface area contributed by atoms with Crippen LogP contribution in [0.5, 0.6) is 11.5 Å². The third-order valence-corrected chi connectivity index (χ3v) is 4.21. The number of hydrogen-bond donors (Lipinski definition) is 1. The molecule has 1 amide bonds. The van der Waals surface area contributed by atoms with Gasteiger partial charge in [0.2, 0.25) is 6.10 Å². The van der Waals surface area contributed by atoms with Gasteiger partial charge in [-0.3, -0.25) is 4.79 Å². The summed E-state index contributed by atoms with van der Waals surface area (Å²) in [5.41, 5.74) is 5.68. The SMILES string of the molecule is O=C(N/N=C\c1ccc(-c2ccccc2)cc1)[C@H]1COc2ccccc2O1. The molecule has 1 N–H and O–H groups in total. The molecule has 1 atom stereocenters. The first-order valence-corrected chi connectivity index (χ1v) is 8.66. The standard InChI is InChI=1S/C22H18N2O3/c25-22(21-15-26-19-8-4-5-9-20(19)27-21)24-23-14-16-10-12-18(13-11-16)17-6-2-1-3-7-17/h1-14,21H,15H2,(H,24,25)/b23-14-/t21-/m1/s1. The Morgan fingerprint density at radius 2 is 1.56 bits per heavy atom. The highest BCUT2D eigenvalue weighted by atomic mass is 16.6. The van der Waals surface area contributed by atoms with Crippen molar-refractivity contribution in [2.45, 2.75) is 6.10 Å². The second-order valence-electron chi connectivity index (χ2n) is 6.09. The topological polar surface area (TPSA) is 59.9 Å². The lowest BCUT2D eigenvalue weighted by molar-refractivity contribution is -0.130. The number of nitrogens with one attached hydrogen (secondary N) is 1. The minimum absolute atomic E-state index is 0.157. The van der Waals surface area contributed by atoms with Gasteiger partial charge in [-0.1, -0.05) is 66.7 Å². The minimum atomic E-state index is -0.725. The van der Waals surface area contributed by atoms with Gasteiger partial charge in [0, 0.05) is 0 Å². The number of carbonyl (C=O) groups is 1. The lowest BCUT2D eigenvalue weighted by Gasteiger charge is -2.24. The zero-order valence-electron chi connectivity index (χ0n) is 14.5. The molecule has 1 aliphatic rings. The number of fused-ring (bicyclic) bond motifs is 1. The van der Waals surface area contributed by atoms with E-state index in [1.165, 1.54) is 0 Å². The number of carbonyl (C=O) groups excluding carboxylic acids is 1. The summed E-state index contributed by atoms with van der Waals surface area (Å²) in [4.78, 5) is 12.2. The van der Waals surface area contributed by atoms with E-state index < -0.39 is 6.10 Å². The maximum absolute atomic E-state index is 12.2. The highest BCUT2D eigenvalue weighted by molar-refractivity contribution is 5.85. The van der Waals surface area contributed by atoms with Crippen LogP contribution in [0.25, 0.3) is 11.1 Å². The van der Waals surface area contributed by atoms with Crippen molar-refractivity contribution in [3.8, 4) is 22.6 Å². The number of ether oxygens (including phenoxy) is 2. The van der Waals surface area contributed by atoms with E-state index in [0.29, 0.717) is 11.5 Å². The van der Waals surface area contributed by atoms with Gasteiger partial charge in [-0.05, 0) is 28.8 Å². The van der Waals surface area contributed by atoms with Crippen LogP contribution in [0.4, 0.5) is 0 Å². The summed E-state index contributed by atoms with van der Waals surface area (Å²) in [6.07, 6.45) is 0.877. The van der Waals surface area contributed by atoms with Gasteiger partial charge >= 0.3 is 0 Å². The molecule has 4 rings (SSSR count). The lowest BCUT2D eigenvalue weighted by Crippen LogP contribution is -2.42. The second kappa shape index (κ2) is 7.74. The Hall–Kier alpha value is -3.60. The number of rotatable bonds is 4. The van der Waals surface area contributed by atoms with Crippen LogP contribution in [-0.4, -0.2) is 24.8 Å². The Bertz CT molecular complexity index is 953. The van der Waals surface area contributed by atoms with Crippen LogP contribution in [0.15, 0.2) is 84.0 Å². The number of hydrogen-bond acceptors (Lipinski definition) is 4. The van der Waals surface area contributed by atoms with E-state index in [9.17, 15) is 4.79 Å². The van der Waals surface area contributed by atoms with E-state index in [-0.39, 0.29) is 12.5 Å². The number of hydrazone groups is 1. The number of benzene rings is 3. The molecule has 0 saturated heterocycles. The molecular formula is C22H18N2O3. The van der Waals surface area contributed by atoms with Crippen LogP contribution in [-0.2, 0) is 4.79 Å². The van der Waals surface area contributed by atoms with E-state index in [0.717, 1.165) is 16.7 Å². The molecule has 0 fully saturated rings.